The summed E-state index contributed by atoms with van der Waals surface area (Å²) < 4.78 is 4.80. The molecule has 2 heterocycles. The summed E-state index contributed by atoms with van der Waals surface area (Å²) in [5, 5.41) is 34.0. The minimum atomic E-state index is -1.20. The van der Waals surface area contributed by atoms with Crippen LogP contribution in [-0.4, -0.2) is 48.0 Å². The molecule has 1 atom stereocenters. The molecule has 0 aliphatic heterocycles. The molecule has 0 aromatic carbocycles. The van der Waals surface area contributed by atoms with Gasteiger partial charge in [0.25, 0.3) is 5.88 Å². The minimum Gasteiger partial charge on any atom is -0.491 e. The molecule has 0 saturated heterocycles. The molecular weight excluding hydrogens is 232 g/mol. The van der Waals surface area contributed by atoms with E-state index in [9.17, 15) is 9.90 Å². The Morgan fingerprint density at radius 3 is 2.94 bits per heavy atom. The average molecular weight is 240 g/mol. The second kappa shape index (κ2) is 4.17. The van der Waals surface area contributed by atoms with Gasteiger partial charge in [0.1, 0.15) is 6.04 Å². The predicted octanol–water partition coefficient (Wildman–Crippen LogP) is -1.49. The van der Waals surface area contributed by atoms with E-state index in [1.165, 1.54) is 0 Å². The minimum absolute atomic E-state index is 0.0594. The fourth-order valence-electron chi connectivity index (χ4n) is 1.23. The standard InChI is InChI=1S/C7H8N6O4/c8-3(7(15)16)1-2-4(17-11-6(2)14)5-9-12-13-10-5/h3H,1,8H2,(H,11,14)(H,15,16)(H,9,10,12,13)/t3-/m0/s1. The first-order chi connectivity index (χ1) is 8.09. The summed E-state index contributed by atoms with van der Waals surface area (Å²) in [6, 6.07) is -1.19. The predicted molar refractivity (Wildman–Crippen MR) is 50.7 cm³/mol. The van der Waals surface area contributed by atoms with E-state index in [4.69, 9.17) is 15.4 Å². The number of aromatic amines is 1. The third-order valence-corrected chi connectivity index (χ3v) is 2.07. The van der Waals surface area contributed by atoms with Gasteiger partial charge in [-0.2, -0.15) is 0 Å². The van der Waals surface area contributed by atoms with Gasteiger partial charge in [-0.05, 0) is 15.6 Å². The van der Waals surface area contributed by atoms with Gasteiger partial charge in [-0.25, -0.2) is 5.10 Å². The maximum atomic E-state index is 10.6. The van der Waals surface area contributed by atoms with E-state index in [2.05, 4.69) is 25.8 Å². The molecule has 2 rings (SSSR count). The summed E-state index contributed by atoms with van der Waals surface area (Å²) >= 11 is 0. The molecule has 2 aromatic rings. The summed E-state index contributed by atoms with van der Waals surface area (Å²) in [5.74, 6) is -1.45. The Labute approximate surface area is 93.4 Å². The molecule has 0 radical (unpaired) electrons. The number of carbonyl (C=O) groups is 1. The number of H-pyrrole nitrogens is 1. The monoisotopic (exact) mass is 240 g/mol. The van der Waals surface area contributed by atoms with Gasteiger partial charge in [0.15, 0.2) is 0 Å². The first-order valence-corrected chi connectivity index (χ1v) is 4.49. The van der Waals surface area contributed by atoms with Crippen LogP contribution in [0.3, 0.4) is 0 Å². The van der Waals surface area contributed by atoms with E-state index in [-0.39, 0.29) is 23.6 Å². The van der Waals surface area contributed by atoms with E-state index < -0.39 is 17.9 Å². The SMILES string of the molecule is N[C@@H](Cc1c(O)noc1-c1nnn[nH]1)C(=O)O. The Morgan fingerprint density at radius 1 is 1.59 bits per heavy atom. The van der Waals surface area contributed by atoms with Crippen LogP contribution in [0.25, 0.3) is 11.6 Å². The summed E-state index contributed by atoms with van der Waals surface area (Å²) in [7, 11) is 0. The van der Waals surface area contributed by atoms with Crippen molar-refractivity contribution in [3.05, 3.63) is 5.56 Å². The number of aliphatic carboxylic acids is 1. The number of hydrogen-bond donors (Lipinski definition) is 4. The number of nitrogens with two attached hydrogens (primary N) is 1. The lowest BCUT2D eigenvalue weighted by molar-refractivity contribution is -0.138. The highest BCUT2D eigenvalue weighted by Gasteiger charge is 2.24. The fourth-order valence-corrected chi connectivity index (χ4v) is 1.23. The van der Waals surface area contributed by atoms with E-state index in [1.807, 2.05) is 0 Å². The number of nitrogens with zero attached hydrogens (tertiary/aromatic N) is 4. The molecule has 2 aromatic heterocycles. The Bertz CT molecular complexity index is 520. The number of carboxylic acid groups (broad SMARTS) is 1. The van der Waals surface area contributed by atoms with Gasteiger partial charge < -0.3 is 20.5 Å². The number of aromatic hydroxyl groups is 1. The molecule has 0 amide bonds. The Balaban J connectivity index is 2.33. The van der Waals surface area contributed by atoms with Crippen LogP contribution >= 0.6 is 0 Å². The summed E-state index contributed by atoms with van der Waals surface area (Å²) in [5.41, 5.74) is 5.49. The molecule has 0 aliphatic rings. The number of carboxylic acids is 1. The van der Waals surface area contributed by atoms with Crippen LogP contribution in [0.4, 0.5) is 0 Å². The second-order valence-corrected chi connectivity index (χ2v) is 3.21. The molecule has 0 aliphatic carbocycles. The van der Waals surface area contributed by atoms with E-state index in [0.717, 1.165) is 0 Å². The van der Waals surface area contributed by atoms with Crippen molar-refractivity contribution < 1.29 is 19.5 Å². The lowest BCUT2D eigenvalue weighted by Crippen LogP contribution is -2.32. The summed E-state index contributed by atoms with van der Waals surface area (Å²) in [6.45, 7) is 0. The topological polar surface area (TPSA) is 164 Å². The van der Waals surface area contributed by atoms with Crippen LogP contribution in [0.15, 0.2) is 4.52 Å². The Kier molecular flexibility index (Phi) is 2.70. The molecule has 0 unspecified atom stereocenters. The van der Waals surface area contributed by atoms with Crippen molar-refractivity contribution in [2.24, 2.45) is 5.73 Å². The van der Waals surface area contributed by atoms with E-state index >= 15 is 0 Å². The van der Waals surface area contributed by atoms with Crippen molar-refractivity contribution in [1.29, 1.82) is 0 Å². The van der Waals surface area contributed by atoms with Crippen LogP contribution < -0.4 is 5.73 Å². The van der Waals surface area contributed by atoms with Crippen molar-refractivity contribution in [1.82, 2.24) is 25.8 Å². The van der Waals surface area contributed by atoms with Gasteiger partial charge in [0.05, 0.1) is 5.56 Å². The van der Waals surface area contributed by atoms with Gasteiger partial charge in [0, 0.05) is 6.42 Å². The zero-order valence-electron chi connectivity index (χ0n) is 8.36. The Hall–Kier alpha value is -2.49. The zero-order chi connectivity index (χ0) is 12.4. The molecular formula is C7H8N6O4. The largest absolute Gasteiger partial charge is 0.491 e. The van der Waals surface area contributed by atoms with Gasteiger partial charge >= 0.3 is 5.97 Å². The van der Waals surface area contributed by atoms with E-state index in [1.54, 1.807) is 0 Å². The van der Waals surface area contributed by atoms with Crippen molar-refractivity contribution in [2.45, 2.75) is 12.5 Å². The molecule has 10 nitrogen and oxygen atoms in total. The average Bonchev–Trinajstić information content (AvgIpc) is 2.89. The number of aromatic nitrogens is 5. The summed E-state index contributed by atoms with van der Waals surface area (Å²) in [6.07, 6.45) is -0.152. The van der Waals surface area contributed by atoms with Crippen molar-refractivity contribution in [3.8, 4) is 17.5 Å². The highest BCUT2D eigenvalue weighted by Crippen LogP contribution is 2.27. The van der Waals surface area contributed by atoms with Crippen LogP contribution in [0.5, 0.6) is 5.88 Å². The van der Waals surface area contributed by atoms with Crippen molar-refractivity contribution in [2.75, 3.05) is 0 Å². The normalized spacial score (nSPS) is 12.5. The van der Waals surface area contributed by atoms with Crippen LogP contribution in [0.1, 0.15) is 5.56 Å². The number of nitrogens with one attached hydrogen (secondary N) is 1. The smallest absolute Gasteiger partial charge is 0.320 e. The first kappa shape index (κ1) is 11.0. The summed E-state index contributed by atoms with van der Waals surface area (Å²) in [4.78, 5) is 10.6. The molecule has 0 spiro atoms. The fraction of sp³-hybridized carbons (Fsp3) is 0.286. The molecule has 17 heavy (non-hydrogen) atoms. The molecule has 5 N–H and O–H groups in total. The van der Waals surface area contributed by atoms with Crippen molar-refractivity contribution >= 4 is 5.97 Å². The number of rotatable bonds is 4. The highest BCUT2D eigenvalue weighted by molar-refractivity contribution is 5.74. The maximum absolute atomic E-state index is 10.6. The zero-order valence-corrected chi connectivity index (χ0v) is 8.36. The number of tetrazole rings is 1. The first-order valence-electron chi connectivity index (χ1n) is 4.49. The maximum Gasteiger partial charge on any atom is 0.320 e. The van der Waals surface area contributed by atoms with Crippen LogP contribution in [-0.2, 0) is 11.2 Å². The second-order valence-electron chi connectivity index (χ2n) is 3.21. The molecule has 90 valence electrons. The molecule has 0 saturated carbocycles. The van der Waals surface area contributed by atoms with Gasteiger partial charge in [0.2, 0.25) is 11.6 Å². The Morgan fingerprint density at radius 2 is 2.35 bits per heavy atom. The van der Waals surface area contributed by atoms with Gasteiger partial charge in [-0.15, -0.1) is 5.10 Å². The highest BCUT2D eigenvalue weighted by atomic mass is 16.5. The lowest BCUT2D eigenvalue weighted by atomic mass is 10.1. The molecule has 0 fully saturated rings. The third-order valence-electron chi connectivity index (χ3n) is 2.07. The van der Waals surface area contributed by atoms with E-state index in [0.29, 0.717) is 0 Å². The molecule has 10 heteroatoms. The number of hydrogen-bond acceptors (Lipinski definition) is 8. The lowest BCUT2D eigenvalue weighted by Gasteiger charge is -2.04. The van der Waals surface area contributed by atoms with Gasteiger partial charge in [-0.1, -0.05) is 0 Å². The van der Waals surface area contributed by atoms with Gasteiger partial charge in [-0.3, -0.25) is 4.79 Å². The van der Waals surface area contributed by atoms with Crippen molar-refractivity contribution in [3.63, 3.8) is 0 Å². The third kappa shape index (κ3) is 2.06. The molecule has 0 bridgehead atoms. The van der Waals surface area contributed by atoms with Crippen LogP contribution in [0, 0.1) is 0 Å². The quantitative estimate of drug-likeness (QED) is 0.498. The van der Waals surface area contributed by atoms with Crippen LogP contribution in [0.2, 0.25) is 0 Å².